The average molecular weight is 474 g/mol. The number of thiophene rings is 1. The number of nitrogen functional groups attached to an aromatic ring is 1. The van der Waals surface area contributed by atoms with Crippen LogP contribution in [0.3, 0.4) is 0 Å². The van der Waals surface area contributed by atoms with Gasteiger partial charge in [-0.1, -0.05) is 30.0 Å². The molecule has 10 heteroatoms. The molecular formula is C22H23N3O5S2. The largest absolute Gasteiger partial charge is 0.462 e. The van der Waals surface area contributed by atoms with Gasteiger partial charge in [-0.2, -0.15) is 0 Å². The van der Waals surface area contributed by atoms with Crippen molar-refractivity contribution in [3.05, 3.63) is 63.3 Å². The summed E-state index contributed by atoms with van der Waals surface area (Å²) in [7, 11) is 0. The first-order valence-corrected chi connectivity index (χ1v) is 11.7. The number of allylic oxidation sites excluding steroid dienone is 1. The van der Waals surface area contributed by atoms with Crippen molar-refractivity contribution < 1.29 is 19.1 Å². The van der Waals surface area contributed by atoms with Gasteiger partial charge >= 0.3 is 11.9 Å². The number of aromatic nitrogens is 2. The van der Waals surface area contributed by atoms with Crippen LogP contribution in [-0.4, -0.2) is 34.7 Å². The van der Waals surface area contributed by atoms with E-state index < -0.39 is 11.9 Å². The third-order valence-electron chi connectivity index (χ3n) is 4.46. The Morgan fingerprint density at radius 1 is 1.22 bits per heavy atom. The van der Waals surface area contributed by atoms with Gasteiger partial charge in [-0.05, 0) is 26.0 Å². The first-order chi connectivity index (χ1) is 15.4. The molecule has 2 heterocycles. The van der Waals surface area contributed by atoms with Crippen molar-refractivity contribution in [1.29, 1.82) is 0 Å². The molecular weight excluding hydrogens is 450 g/mol. The number of rotatable bonds is 9. The van der Waals surface area contributed by atoms with E-state index in [1.54, 1.807) is 44.2 Å². The van der Waals surface area contributed by atoms with Crippen LogP contribution >= 0.6 is 23.1 Å². The van der Waals surface area contributed by atoms with Crippen LogP contribution in [0, 0.1) is 0 Å². The van der Waals surface area contributed by atoms with E-state index in [0.29, 0.717) is 21.6 Å². The van der Waals surface area contributed by atoms with Crippen LogP contribution in [0.4, 0.5) is 5.00 Å². The molecule has 32 heavy (non-hydrogen) atoms. The van der Waals surface area contributed by atoms with Crippen molar-refractivity contribution in [3.63, 3.8) is 0 Å². The molecule has 0 aliphatic heterocycles. The van der Waals surface area contributed by atoms with Crippen LogP contribution in [0.25, 0.3) is 10.9 Å². The van der Waals surface area contributed by atoms with Gasteiger partial charge in [0.05, 0.1) is 29.7 Å². The highest BCUT2D eigenvalue weighted by Crippen LogP contribution is 2.36. The summed E-state index contributed by atoms with van der Waals surface area (Å²) in [6.07, 6.45) is 1.61. The van der Waals surface area contributed by atoms with Crippen molar-refractivity contribution >= 4 is 50.9 Å². The molecule has 2 N–H and O–H groups in total. The van der Waals surface area contributed by atoms with Gasteiger partial charge in [0.25, 0.3) is 5.56 Å². The summed E-state index contributed by atoms with van der Waals surface area (Å²) < 4.78 is 11.8. The molecule has 0 saturated heterocycles. The van der Waals surface area contributed by atoms with Gasteiger partial charge in [-0.15, -0.1) is 17.9 Å². The number of esters is 2. The zero-order valence-electron chi connectivity index (χ0n) is 17.8. The predicted octanol–water partition coefficient (Wildman–Crippen LogP) is 3.87. The van der Waals surface area contributed by atoms with Crippen LogP contribution in [0.5, 0.6) is 0 Å². The number of benzene rings is 1. The van der Waals surface area contributed by atoms with E-state index in [2.05, 4.69) is 11.6 Å². The molecule has 0 fully saturated rings. The summed E-state index contributed by atoms with van der Waals surface area (Å²) in [6.45, 7) is 7.72. The minimum Gasteiger partial charge on any atom is -0.462 e. The molecule has 168 valence electrons. The molecule has 2 aromatic heterocycles. The predicted molar refractivity (Wildman–Crippen MR) is 126 cm³/mol. The SMILES string of the molecule is C=CCn1c(SCc2c(C(=O)OCC)sc(N)c2C(=O)OCC)nc2ccccc2c1=O. The topological polar surface area (TPSA) is 114 Å². The first kappa shape index (κ1) is 23.6. The van der Waals surface area contributed by atoms with Gasteiger partial charge in [-0.3, -0.25) is 9.36 Å². The zero-order chi connectivity index (χ0) is 23.3. The van der Waals surface area contributed by atoms with Crippen LogP contribution in [0.2, 0.25) is 0 Å². The van der Waals surface area contributed by atoms with E-state index in [0.717, 1.165) is 11.3 Å². The van der Waals surface area contributed by atoms with E-state index in [1.165, 1.54) is 16.3 Å². The second kappa shape index (κ2) is 10.5. The molecule has 0 aliphatic carbocycles. The number of carbonyl (C=O) groups excluding carboxylic acids is 2. The number of fused-ring (bicyclic) bond motifs is 1. The number of anilines is 1. The van der Waals surface area contributed by atoms with Gasteiger partial charge in [-0.25, -0.2) is 14.6 Å². The normalized spacial score (nSPS) is 10.8. The van der Waals surface area contributed by atoms with Gasteiger partial charge in [0, 0.05) is 17.9 Å². The van der Waals surface area contributed by atoms with E-state index in [1.807, 2.05) is 0 Å². The summed E-state index contributed by atoms with van der Waals surface area (Å²) in [5.41, 5.74) is 6.98. The molecule has 0 unspecified atom stereocenters. The van der Waals surface area contributed by atoms with E-state index in [4.69, 9.17) is 15.2 Å². The average Bonchev–Trinajstić information content (AvgIpc) is 3.11. The third kappa shape index (κ3) is 4.71. The number of hydrogen-bond donors (Lipinski definition) is 1. The Balaban J connectivity index is 2.07. The summed E-state index contributed by atoms with van der Waals surface area (Å²) >= 11 is 2.20. The van der Waals surface area contributed by atoms with E-state index >= 15 is 0 Å². The fourth-order valence-corrected chi connectivity index (χ4v) is 5.19. The van der Waals surface area contributed by atoms with Gasteiger partial charge < -0.3 is 15.2 Å². The highest BCUT2D eigenvalue weighted by Gasteiger charge is 2.28. The summed E-state index contributed by atoms with van der Waals surface area (Å²) in [4.78, 5) is 42.9. The Hall–Kier alpha value is -3.11. The fraction of sp³-hybridized carbons (Fsp3) is 0.273. The Bertz CT molecular complexity index is 1230. The number of hydrogen-bond acceptors (Lipinski definition) is 9. The summed E-state index contributed by atoms with van der Waals surface area (Å²) in [6, 6.07) is 7.06. The van der Waals surface area contributed by atoms with Crippen molar-refractivity contribution in [2.75, 3.05) is 18.9 Å². The second-order valence-electron chi connectivity index (χ2n) is 6.49. The highest BCUT2D eigenvalue weighted by atomic mass is 32.2. The number of ether oxygens (including phenoxy) is 2. The fourth-order valence-electron chi connectivity index (χ4n) is 3.10. The molecule has 0 saturated carbocycles. The second-order valence-corrected chi connectivity index (χ2v) is 8.49. The first-order valence-electron chi connectivity index (χ1n) is 9.91. The molecule has 0 aliphatic rings. The van der Waals surface area contributed by atoms with Crippen molar-refractivity contribution in [3.8, 4) is 0 Å². The van der Waals surface area contributed by atoms with E-state index in [9.17, 15) is 14.4 Å². The Kier molecular flexibility index (Phi) is 7.70. The molecule has 0 bridgehead atoms. The zero-order valence-corrected chi connectivity index (χ0v) is 19.4. The van der Waals surface area contributed by atoms with Gasteiger partial charge in [0.2, 0.25) is 0 Å². The van der Waals surface area contributed by atoms with Crippen molar-refractivity contribution in [2.45, 2.75) is 31.3 Å². The van der Waals surface area contributed by atoms with Crippen molar-refractivity contribution in [1.82, 2.24) is 9.55 Å². The standard InChI is InChI=1S/C22H23N3O5S2/c1-4-11-25-19(26)13-9-7-8-10-15(13)24-22(25)31-12-14-16(20(27)29-5-2)18(23)32-17(14)21(28)30-6-3/h4,7-10H,1,5-6,11-12,23H2,2-3H3. The molecule has 0 atom stereocenters. The number of nitrogens with zero attached hydrogens (tertiary/aromatic N) is 2. The number of carbonyl (C=O) groups is 2. The minimum absolute atomic E-state index is 0.144. The number of thioether (sulfide) groups is 1. The van der Waals surface area contributed by atoms with Crippen LogP contribution in [-0.2, 0) is 21.8 Å². The van der Waals surface area contributed by atoms with E-state index in [-0.39, 0.29) is 46.5 Å². The molecule has 0 radical (unpaired) electrons. The smallest absolute Gasteiger partial charge is 0.348 e. The van der Waals surface area contributed by atoms with Crippen LogP contribution in [0.15, 0.2) is 46.9 Å². The highest BCUT2D eigenvalue weighted by molar-refractivity contribution is 7.98. The number of para-hydroxylation sites is 1. The quantitative estimate of drug-likeness (QED) is 0.216. The maximum absolute atomic E-state index is 13.0. The van der Waals surface area contributed by atoms with Crippen LogP contribution in [0.1, 0.15) is 39.4 Å². The molecule has 3 aromatic rings. The maximum Gasteiger partial charge on any atom is 0.348 e. The lowest BCUT2D eigenvalue weighted by Crippen LogP contribution is -2.22. The lowest BCUT2D eigenvalue weighted by Gasteiger charge is -2.12. The lowest BCUT2D eigenvalue weighted by atomic mass is 10.1. The molecule has 3 rings (SSSR count). The number of nitrogens with two attached hydrogens (primary N) is 1. The van der Waals surface area contributed by atoms with Crippen LogP contribution < -0.4 is 11.3 Å². The molecule has 0 amide bonds. The maximum atomic E-state index is 13.0. The third-order valence-corrected chi connectivity index (χ3v) is 6.50. The monoisotopic (exact) mass is 473 g/mol. The summed E-state index contributed by atoms with van der Waals surface area (Å²) in [5, 5.41) is 1.11. The molecule has 8 nitrogen and oxygen atoms in total. The lowest BCUT2D eigenvalue weighted by molar-refractivity contribution is 0.0527. The molecule has 0 spiro atoms. The molecule has 1 aromatic carbocycles. The van der Waals surface area contributed by atoms with Gasteiger partial charge in [0.1, 0.15) is 9.88 Å². The summed E-state index contributed by atoms with van der Waals surface area (Å²) in [5.74, 6) is -1.01. The Morgan fingerprint density at radius 2 is 1.91 bits per heavy atom. The van der Waals surface area contributed by atoms with Crippen molar-refractivity contribution in [2.24, 2.45) is 0 Å². The minimum atomic E-state index is -0.609. The Labute approximate surface area is 193 Å². The van der Waals surface area contributed by atoms with Gasteiger partial charge in [0.15, 0.2) is 5.16 Å². The Morgan fingerprint density at radius 3 is 2.59 bits per heavy atom.